The Kier molecular flexibility index (Phi) is 53.3. The van der Waals surface area contributed by atoms with Gasteiger partial charge in [0.05, 0.1) is 39.9 Å². The number of allylic oxidation sites excluding steroid dienone is 19. The molecule has 0 heterocycles. The largest absolute Gasteiger partial charge is 0.472 e. The van der Waals surface area contributed by atoms with Crippen LogP contribution < -0.4 is 5.32 Å². The SMILES string of the molecule is CC/C=C\C/C=C\C/C=C\C/C=C\C/C=C\C/C=C\C/C=C\C/C=C\C/C=C\CCCCCCCCCCCCCCCC(=O)NC(COP(=O)(O)OCC[N+](C)(C)C)C(O)/C=C/CCCCCCCCCCCC. The van der Waals surface area contributed by atoms with Gasteiger partial charge in [0.2, 0.25) is 5.91 Å². The molecule has 0 spiro atoms. The van der Waals surface area contributed by atoms with Crippen LogP contribution in [0.1, 0.15) is 239 Å². The molecule has 3 atom stereocenters. The van der Waals surface area contributed by atoms with E-state index >= 15 is 0 Å². The Balaban J connectivity index is 4.01. The molecule has 0 aromatic rings. The van der Waals surface area contributed by atoms with E-state index < -0.39 is 20.0 Å². The lowest BCUT2D eigenvalue weighted by Crippen LogP contribution is -2.45. The molecular weight excluding hydrogens is 948 g/mol. The van der Waals surface area contributed by atoms with Crippen LogP contribution in [0, 0.1) is 0 Å². The Morgan fingerprint density at radius 1 is 0.467 bits per heavy atom. The van der Waals surface area contributed by atoms with E-state index in [4.69, 9.17) is 9.05 Å². The summed E-state index contributed by atoms with van der Waals surface area (Å²) >= 11 is 0. The molecule has 0 saturated heterocycles. The number of aliphatic hydroxyl groups excluding tert-OH is 1. The molecule has 8 nitrogen and oxygen atoms in total. The van der Waals surface area contributed by atoms with Crippen LogP contribution in [-0.2, 0) is 18.4 Å². The van der Waals surface area contributed by atoms with Gasteiger partial charge in [-0.05, 0) is 89.9 Å². The Hall–Kier alpha value is -3.10. The third-order valence-electron chi connectivity index (χ3n) is 12.9. The van der Waals surface area contributed by atoms with Crippen LogP contribution in [-0.4, -0.2) is 73.4 Å². The van der Waals surface area contributed by atoms with Crippen molar-refractivity contribution in [3.05, 3.63) is 122 Å². The van der Waals surface area contributed by atoms with E-state index in [2.05, 4.69) is 129 Å². The number of nitrogens with zero attached hydrogens (tertiary/aromatic N) is 1. The number of aliphatic hydroxyl groups is 1. The van der Waals surface area contributed by atoms with Crippen LogP contribution >= 0.6 is 7.82 Å². The summed E-state index contributed by atoms with van der Waals surface area (Å²) in [6.07, 6.45) is 83.1. The lowest BCUT2D eigenvalue weighted by molar-refractivity contribution is -0.870. The molecule has 3 N–H and O–H groups in total. The van der Waals surface area contributed by atoms with Gasteiger partial charge in [-0.1, -0.05) is 264 Å². The Morgan fingerprint density at radius 2 is 0.800 bits per heavy atom. The molecule has 0 aliphatic heterocycles. The van der Waals surface area contributed by atoms with Gasteiger partial charge in [-0.3, -0.25) is 13.8 Å². The van der Waals surface area contributed by atoms with Crippen molar-refractivity contribution in [2.45, 2.75) is 251 Å². The van der Waals surface area contributed by atoms with E-state index in [9.17, 15) is 19.4 Å². The minimum Gasteiger partial charge on any atom is -0.387 e. The molecule has 0 aliphatic rings. The number of carbonyl (C=O) groups excluding carboxylic acids is 1. The number of phosphoric ester groups is 1. The highest BCUT2D eigenvalue weighted by Crippen LogP contribution is 2.43. The van der Waals surface area contributed by atoms with Crippen molar-refractivity contribution in [1.82, 2.24) is 5.32 Å². The third-order valence-corrected chi connectivity index (χ3v) is 13.9. The first-order valence-electron chi connectivity index (χ1n) is 30.4. The van der Waals surface area contributed by atoms with Gasteiger partial charge in [0.25, 0.3) is 0 Å². The minimum atomic E-state index is -4.35. The maximum atomic E-state index is 13.0. The first-order chi connectivity index (χ1) is 36.5. The predicted octanol–water partition coefficient (Wildman–Crippen LogP) is 18.9. The molecule has 0 rings (SSSR count). The number of quaternary nitrogens is 1. The molecule has 0 saturated carbocycles. The molecule has 0 radical (unpaired) electrons. The molecule has 75 heavy (non-hydrogen) atoms. The number of likely N-dealkylation sites (N-methyl/N-ethyl adjacent to an activating group) is 1. The summed E-state index contributed by atoms with van der Waals surface area (Å²) in [6.45, 7) is 4.68. The average molecular weight is 1060 g/mol. The van der Waals surface area contributed by atoms with Crippen molar-refractivity contribution in [3.63, 3.8) is 0 Å². The first kappa shape index (κ1) is 71.9. The van der Waals surface area contributed by atoms with Gasteiger partial charge in [0, 0.05) is 6.42 Å². The highest BCUT2D eigenvalue weighted by atomic mass is 31.2. The Labute approximate surface area is 463 Å². The van der Waals surface area contributed by atoms with E-state index in [0.29, 0.717) is 17.4 Å². The Morgan fingerprint density at radius 3 is 1.17 bits per heavy atom. The smallest absolute Gasteiger partial charge is 0.387 e. The van der Waals surface area contributed by atoms with Crippen molar-refractivity contribution < 1.29 is 32.9 Å². The van der Waals surface area contributed by atoms with E-state index in [0.717, 1.165) is 96.3 Å². The molecule has 0 aliphatic carbocycles. The fourth-order valence-electron chi connectivity index (χ4n) is 8.21. The van der Waals surface area contributed by atoms with Crippen LogP contribution in [0.2, 0.25) is 0 Å². The molecule has 0 aromatic carbocycles. The zero-order chi connectivity index (χ0) is 54.9. The van der Waals surface area contributed by atoms with Crippen molar-refractivity contribution >= 4 is 13.7 Å². The second-order valence-electron chi connectivity index (χ2n) is 21.3. The van der Waals surface area contributed by atoms with Gasteiger partial charge in [0.1, 0.15) is 13.2 Å². The standard InChI is InChI=1S/C66H115N2O6P/c1-6-8-10-12-14-16-18-20-21-22-23-24-25-26-27-28-29-30-31-32-33-34-35-36-37-38-39-40-41-42-43-44-45-46-47-48-50-52-54-56-58-60-66(70)67-64(63-74-75(71,72)73-62-61-68(3,4)5)65(69)59-57-55-53-51-49-19-17-15-13-11-9-7-2/h8,10,14,16,20-21,23-24,26-27,29-30,32-33,35-36,38-39,57,59,64-65,69H,6-7,9,11-13,15,17-19,22,25,28,31,34,37,40-56,58,60-63H2,1-5H3,(H-,67,70,71,72)/p+1/b10-8-,16-14-,21-20-,24-23-,27-26-,30-29-,33-32-,36-35-,39-38-,59-57+. The van der Waals surface area contributed by atoms with Crippen molar-refractivity contribution in [3.8, 4) is 0 Å². The van der Waals surface area contributed by atoms with Crippen LogP contribution in [0.25, 0.3) is 0 Å². The summed E-state index contributed by atoms with van der Waals surface area (Å²) in [6, 6.07) is -0.852. The van der Waals surface area contributed by atoms with Crippen LogP contribution in [0.15, 0.2) is 122 Å². The van der Waals surface area contributed by atoms with E-state index in [1.54, 1.807) is 6.08 Å². The molecule has 0 fully saturated rings. The number of phosphoric acid groups is 1. The number of hydrogen-bond acceptors (Lipinski definition) is 5. The Bertz CT molecular complexity index is 1630. The summed E-state index contributed by atoms with van der Waals surface area (Å²) in [5.41, 5.74) is 0. The van der Waals surface area contributed by atoms with Gasteiger partial charge in [-0.15, -0.1) is 0 Å². The van der Waals surface area contributed by atoms with E-state index in [-0.39, 0.29) is 19.1 Å². The van der Waals surface area contributed by atoms with E-state index in [1.807, 2.05) is 27.2 Å². The van der Waals surface area contributed by atoms with Gasteiger partial charge in [-0.2, -0.15) is 0 Å². The number of unbranched alkanes of at least 4 members (excludes halogenated alkanes) is 23. The number of amides is 1. The number of nitrogens with one attached hydrogen (secondary N) is 1. The van der Waals surface area contributed by atoms with Crippen molar-refractivity contribution in [2.24, 2.45) is 0 Å². The zero-order valence-electron chi connectivity index (χ0n) is 49.0. The maximum absolute atomic E-state index is 13.0. The van der Waals surface area contributed by atoms with Gasteiger partial charge in [0.15, 0.2) is 0 Å². The molecule has 0 bridgehead atoms. The fourth-order valence-corrected chi connectivity index (χ4v) is 8.95. The van der Waals surface area contributed by atoms with Crippen LogP contribution in [0.4, 0.5) is 0 Å². The highest BCUT2D eigenvalue weighted by molar-refractivity contribution is 7.47. The lowest BCUT2D eigenvalue weighted by Gasteiger charge is -2.25. The van der Waals surface area contributed by atoms with Crippen molar-refractivity contribution in [1.29, 1.82) is 0 Å². The molecule has 0 aromatic heterocycles. The van der Waals surface area contributed by atoms with Crippen LogP contribution in [0.3, 0.4) is 0 Å². The number of carbonyl (C=O) groups is 1. The quantitative estimate of drug-likeness (QED) is 0.0243. The summed E-state index contributed by atoms with van der Waals surface area (Å²) in [5.74, 6) is -0.183. The number of rotatable bonds is 54. The molecule has 3 unspecified atom stereocenters. The average Bonchev–Trinajstić information content (AvgIpc) is 3.37. The van der Waals surface area contributed by atoms with Crippen molar-refractivity contribution in [2.75, 3.05) is 40.9 Å². The number of hydrogen-bond donors (Lipinski definition) is 3. The topological polar surface area (TPSA) is 105 Å². The molecular formula is C66H116N2O6P+. The van der Waals surface area contributed by atoms with Gasteiger partial charge >= 0.3 is 7.82 Å². The molecule has 9 heteroatoms. The molecule has 430 valence electrons. The summed E-state index contributed by atoms with van der Waals surface area (Å²) in [7, 11) is 1.56. The lowest BCUT2D eigenvalue weighted by atomic mass is 10.0. The normalized spacial score (nSPS) is 14.7. The monoisotopic (exact) mass is 1060 g/mol. The third kappa shape index (κ3) is 58.4. The van der Waals surface area contributed by atoms with Gasteiger partial charge < -0.3 is 19.8 Å². The first-order valence-corrected chi connectivity index (χ1v) is 31.9. The summed E-state index contributed by atoms with van der Waals surface area (Å²) < 4.78 is 23.7. The maximum Gasteiger partial charge on any atom is 0.472 e. The predicted molar refractivity (Wildman–Crippen MR) is 327 cm³/mol. The zero-order valence-corrected chi connectivity index (χ0v) is 49.9. The van der Waals surface area contributed by atoms with Gasteiger partial charge in [-0.25, -0.2) is 4.57 Å². The minimum absolute atomic E-state index is 0.0571. The van der Waals surface area contributed by atoms with Crippen LogP contribution in [0.5, 0.6) is 0 Å². The second kappa shape index (κ2) is 55.6. The highest BCUT2D eigenvalue weighted by Gasteiger charge is 2.27. The fraction of sp³-hybridized carbons (Fsp3) is 0.682. The van der Waals surface area contributed by atoms with E-state index in [1.165, 1.54) is 122 Å². The second-order valence-corrected chi connectivity index (χ2v) is 22.8. The molecule has 1 amide bonds. The summed E-state index contributed by atoms with van der Waals surface area (Å²) in [5, 5.41) is 13.9. The summed E-state index contributed by atoms with van der Waals surface area (Å²) in [4.78, 5) is 23.3.